The number of nitrogens with one attached hydrogen (secondary N) is 2. The van der Waals surface area contributed by atoms with Gasteiger partial charge in [-0.25, -0.2) is 9.97 Å². The van der Waals surface area contributed by atoms with Crippen molar-refractivity contribution in [2.45, 2.75) is 13.8 Å². The van der Waals surface area contributed by atoms with Crippen LogP contribution in [-0.2, 0) is 0 Å². The molecule has 0 bridgehead atoms. The summed E-state index contributed by atoms with van der Waals surface area (Å²) in [6.07, 6.45) is 3.17. The van der Waals surface area contributed by atoms with Gasteiger partial charge >= 0.3 is 0 Å². The Balaban J connectivity index is 2.13. The zero-order valence-corrected chi connectivity index (χ0v) is 12.0. The first-order valence-corrected chi connectivity index (χ1v) is 6.61. The Hall–Kier alpha value is -2.14. The highest BCUT2D eigenvalue weighted by Crippen LogP contribution is 2.20. The molecule has 2 N–H and O–H groups in total. The van der Waals surface area contributed by atoms with Crippen LogP contribution in [0.3, 0.4) is 0 Å². The normalized spacial score (nSPS) is 10.2. The minimum absolute atomic E-state index is 0.293. The lowest BCUT2D eigenvalue weighted by atomic mass is 10.2. The van der Waals surface area contributed by atoms with E-state index in [9.17, 15) is 4.79 Å². The third-order valence-electron chi connectivity index (χ3n) is 2.60. The predicted molar refractivity (Wildman–Crippen MR) is 80.3 cm³/mol. The molecular weight excluding hydrogens is 276 g/mol. The number of carbonyl (C=O) groups excluding carboxylic acids is 1. The summed E-state index contributed by atoms with van der Waals surface area (Å²) in [7, 11) is 0. The Bertz CT molecular complexity index is 613. The van der Waals surface area contributed by atoms with E-state index < -0.39 is 0 Å². The molecule has 2 heterocycles. The van der Waals surface area contributed by atoms with Crippen LogP contribution in [0.1, 0.15) is 22.8 Å². The molecule has 0 atom stereocenters. The standard InChI is InChI=1S/C14H15ClN4O/c1-3-16-13-11(15)6-10(8-18-13)14(20)19-12-5-4-9(2)7-17-12/h4-8H,3H2,1-2H3,(H,16,18)(H,17,19,20). The number of pyridine rings is 2. The van der Waals surface area contributed by atoms with E-state index >= 15 is 0 Å². The molecule has 0 aliphatic heterocycles. The number of aromatic nitrogens is 2. The van der Waals surface area contributed by atoms with Crippen molar-refractivity contribution in [3.05, 3.63) is 46.7 Å². The lowest BCUT2D eigenvalue weighted by Crippen LogP contribution is -2.13. The molecule has 6 heteroatoms. The lowest BCUT2D eigenvalue weighted by Gasteiger charge is -2.08. The van der Waals surface area contributed by atoms with Gasteiger partial charge in [0.2, 0.25) is 0 Å². The first-order valence-electron chi connectivity index (χ1n) is 6.23. The number of halogens is 1. The number of hydrogen-bond donors (Lipinski definition) is 2. The fraction of sp³-hybridized carbons (Fsp3) is 0.214. The summed E-state index contributed by atoms with van der Waals surface area (Å²) >= 11 is 6.06. The van der Waals surface area contributed by atoms with Crippen LogP contribution in [0.4, 0.5) is 11.6 Å². The van der Waals surface area contributed by atoms with Crippen LogP contribution in [-0.4, -0.2) is 22.4 Å². The average molecular weight is 291 g/mol. The summed E-state index contributed by atoms with van der Waals surface area (Å²) in [5.41, 5.74) is 1.42. The molecule has 5 nitrogen and oxygen atoms in total. The SMILES string of the molecule is CCNc1ncc(C(=O)Nc2ccc(C)cn2)cc1Cl. The maximum Gasteiger partial charge on any atom is 0.258 e. The molecule has 1 amide bonds. The summed E-state index contributed by atoms with van der Waals surface area (Å²) in [4.78, 5) is 20.3. The molecule has 0 radical (unpaired) electrons. The molecule has 0 saturated carbocycles. The van der Waals surface area contributed by atoms with Crippen LogP contribution in [0.5, 0.6) is 0 Å². The molecule has 20 heavy (non-hydrogen) atoms. The van der Waals surface area contributed by atoms with E-state index in [1.165, 1.54) is 6.20 Å². The van der Waals surface area contributed by atoms with Gasteiger partial charge in [-0.3, -0.25) is 4.79 Å². The molecule has 0 unspecified atom stereocenters. The average Bonchev–Trinajstić information content (AvgIpc) is 2.44. The molecule has 0 aliphatic carbocycles. The predicted octanol–water partition coefficient (Wildman–Crippen LogP) is 3.12. The van der Waals surface area contributed by atoms with Gasteiger partial charge in [0.25, 0.3) is 5.91 Å². The molecule has 2 aromatic heterocycles. The monoisotopic (exact) mass is 290 g/mol. The third-order valence-corrected chi connectivity index (χ3v) is 2.89. The van der Waals surface area contributed by atoms with Gasteiger partial charge in [-0.05, 0) is 31.5 Å². The first kappa shape index (κ1) is 14.3. The fourth-order valence-electron chi connectivity index (χ4n) is 1.59. The van der Waals surface area contributed by atoms with Crippen LogP contribution < -0.4 is 10.6 Å². The molecular formula is C14H15ClN4O. The van der Waals surface area contributed by atoms with Crippen molar-refractivity contribution in [2.24, 2.45) is 0 Å². The molecule has 0 aromatic carbocycles. The number of carbonyl (C=O) groups is 1. The van der Waals surface area contributed by atoms with Gasteiger partial charge < -0.3 is 10.6 Å². The van der Waals surface area contributed by atoms with E-state index in [4.69, 9.17) is 11.6 Å². The minimum Gasteiger partial charge on any atom is -0.369 e. The van der Waals surface area contributed by atoms with Gasteiger partial charge in [0, 0.05) is 18.9 Å². The second-order valence-corrected chi connectivity index (χ2v) is 4.67. The van der Waals surface area contributed by atoms with E-state index in [2.05, 4.69) is 20.6 Å². The van der Waals surface area contributed by atoms with Crippen LogP contribution in [0, 0.1) is 6.92 Å². The summed E-state index contributed by atoms with van der Waals surface area (Å²) in [5, 5.41) is 6.12. The number of amides is 1. The Morgan fingerprint density at radius 3 is 2.70 bits per heavy atom. The highest BCUT2D eigenvalue weighted by Gasteiger charge is 2.10. The van der Waals surface area contributed by atoms with Crippen LogP contribution in [0.15, 0.2) is 30.6 Å². The van der Waals surface area contributed by atoms with Gasteiger partial charge in [-0.15, -0.1) is 0 Å². The molecule has 2 rings (SSSR count). The largest absolute Gasteiger partial charge is 0.369 e. The van der Waals surface area contributed by atoms with E-state index in [0.717, 1.165) is 5.56 Å². The summed E-state index contributed by atoms with van der Waals surface area (Å²) < 4.78 is 0. The second-order valence-electron chi connectivity index (χ2n) is 4.26. The summed E-state index contributed by atoms with van der Waals surface area (Å²) in [5.74, 6) is 0.769. The molecule has 2 aromatic rings. The Morgan fingerprint density at radius 2 is 2.10 bits per heavy atom. The summed E-state index contributed by atoms with van der Waals surface area (Å²) in [6.45, 7) is 4.59. The molecule has 104 valence electrons. The summed E-state index contributed by atoms with van der Waals surface area (Å²) in [6, 6.07) is 5.20. The van der Waals surface area contributed by atoms with Gasteiger partial charge in [0.05, 0.1) is 10.6 Å². The Morgan fingerprint density at radius 1 is 1.30 bits per heavy atom. The zero-order valence-electron chi connectivity index (χ0n) is 11.3. The zero-order chi connectivity index (χ0) is 14.5. The van der Waals surface area contributed by atoms with Crippen LogP contribution in [0.25, 0.3) is 0 Å². The van der Waals surface area contributed by atoms with Gasteiger partial charge in [-0.1, -0.05) is 17.7 Å². The van der Waals surface area contributed by atoms with Gasteiger partial charge in [0.1, 0.15) is 11.6 Å². The van der Waals surface area contributed by atoms with E-state index in [0.29, 0.717) is 28.8 Å². The van der Waals surface area contributed by atoms with Crippen molar-refractivity contribution < 1.29 is 4.79 Å². The van der Waals surface area contributed by atoms with Crippen LogP contribution in [0.2, 0.25) is 5.02 Å². The minimum atomic E-state index is -0.293. The first-order chi connectivity index (χ1) is 9.60. The second kappa shape index (κ2) is 6.34. The third kappa shape index (κ3) is 3.45. The number of anilines is 2. The number of aryl methyl sites for hydroxylation is 1. The molecule has 0 fully saturated rings. The van der Waals surface area contributed by atoms with E-state index in [-0.39, 0.29) is 5.91 Å². The fourth-order valence-corrected chi connectivity index (χ4v) is 1.82. The quantitative estimate of drug-likeness (QED) is 0.908. The van der Waals surface area contributed by atoms with Crippen molar-refractivity contribution in [3.63, 3.8) is 0 Å². The number of hydrogen-bond acceptors (Lipinski definition) is 4. The van der Waals surface area contributed by atoms with Crippen LogP contribution >= 0.6 is 11.6 Å². The van der Waals surface area contributed by atoms with E-state index in [1.807, 2.05) is 19.9 Å². The van der Waals surface area contributed by atoms with Crippen molar-refractivity contribution in [1.29, 1.82) is 0 Å². The van der Waals surface area contributed by atoms with Gasteiger partial charge in [0.15, 0.2) is 0 Å². The van der Waals surface area contributed by atoms with Crippen molar-refractivity contribution in [3.8, 4) is 0 Å². The molecule has 0 saturated heterocycles. The van der Waals surface area contributed by atoms with Crippen molar-refractivity contribution >= 4 is 29.1 Å². The maximum absolute atomic E-state index is 12.1. The lowest BCUT2D eigenvalue weighted by molar-refractivity contribution is 0.102. The highest BCUT2D eigenvalue weighted by molar-refractivity contribution is 6.33. The van der Waals surface area contributed by atoms with Crippen molar-refractivity contribution in [2.75, 3.05) is 17.2 Å². The van der Waals surface area contributed by atoms with Crippen molar-refractivity contribution in [1.82, 2.24) is 9.97 Å². The maximum atomic E-state index is 12.1. The molecule has 0 spiro atoms. The topological polar surface area (TPSA) is 66.9 Å². The number of nitrogens with zero attached hydrogens (tertiary/aromatic N) is 2. The Kier molecular flexibility index (Phi) is 4.53. The van der Waals surface area contributed by atoms with E-state index in [1.54, 1.807) is 18.3 Å². The number of rotatable bonds is 4. The smallest absolute Gasteiger partial charge is 0.258 e. The molecule has 0 aliphatic rings. The van der Waals surface area contributed by atoms with Gasteiger partial charge in [-0.2, -0.15) is 0 Å². The highest BCUT2D eigenvalue weighted by atomic mass is 35.5. The Labute approximate surface area is 122 Å².